The highest BCUT2D eigenvalue weighted by molar-refractivity contribution is 9.10. The lowest BCUT2D eigenvalue weighted by Crippen LogP contribution is -2.29. The highest BCUT2D eigenvalue weighted by atomic mass is 79.9. The minimum absolute atomic E-state index is 0. The number of fused-ring (bicyclic) bond motifs is 2. The van der Waals surface area contributed by atoms with Crippen LogP contribution in [0.2, 0.25) is 20.1 Å². The SMILES string of the molecule is C.FC(F)(F)c1cc2cc(-c3cccc(Cl)c3)c(Cl)cc2[nH]1.FC(F)(F)c1cc2cc(Br)c(Cl)cc2[nH]1.OB(O)c1cccc(Cl)c1. The molecule has 4 nitrogen and oxygen atoms in total. The number of benzene rings is 4. The molecule has 6 rings (SSSR count). The van der Waals surface area contributed by atoms with Crippen molar-refractivity contribution in [2.24, 2.45) is 0 Å². The van der Waals surface area contributed by atoms with E-state index in [2.05, 4.69) is 25.9 Å². The van der Waals surface area contributed by atoms with E-state index in [1.807, 2.05) is 0 Å². The summed E-state index contributed by atoms with van der Waals surface area (Å²) in [6.45, 7) is 0. The van der Waals surface area contributed by atoms with Crippen LogP contribution in [0.15, 0.2) is 89.4 Å². The standard InChI is InChI=1S/C15H8Cl2F3N.C9H4BrClF3N.C6H6BClO2.CH4/c16-10-3-1-2-8(4-10)11-5-9-6-14(15(18,19)20)21-13(9)7-12(11)17;10-5-1-4-2-8(9(12,13)14)15-7(4)3-6(5)11;8-6-3-1-2-5(4-6)7(9)10;/h1-7,21H;1-3,15H;1-4,9-10H;1H4. The Kier molecular flexibility index (Phi) is 12.8. The molecule has 4 aromatic carbocycles. The first-order valence-corrected chi connectivity index (χ1v) is 15.0. The number of nitrogens with one attached hydrogen (secondary N) is 2. The summed E-state index contributed by atoms with van der Waals surface area (Å²) >= 11 is 26.6. The van der Waals surface area contributed by atoms with Crippen molar-refractivity contribution >= 4 is 96.7 Å². The maximum absolute atomic E-state index is 12.7. The summed E-state index contributed by atoms with van der Waals surface area (Å²) in [6, 6.07) is 21.7. The van der Waals surface area contributed by atoms with Crippen LogP contribution in [0, 0.1) is 0 Å². The maximum atomic E-state index is 12.7. The lowest BCUT2D eigenvalue weighted by molar-refractivity contribution is -0.141. The first-order valence-electron chi connectivity index (χ1n) is 12.7. The van der Waals surface area contributed by atoms with Crippen LogP contribution in [0.25, 0.3) is 32.9 Å². The van der Waals surface area contributed by atoms with E-state index in [0.717, 1.165) is 17.7 Å². The van der Waals surface area contributed by atoms with Gasteiger partial charge in [-0.2, -0.15) is 26.3 Å². The molecule has 248 valence electrons. The van der Waals surface area contributed by atoms with Gasteiger partial charge in [0.1, 0.15) is 11.4 Å². The van der Waals surface area contributed by atoms with Crippen molar-refractivity contribution in [3.63, 3.8) is 0 Å². The average Bonchev–Trinajstić information content (AvgIpc) is 3.57. The molecule has 16 heteroatoms. The van der Waals surface area contributed by atoms with Crippen molar-refractivity contribution in [3.05, 3.63) is 121 Å². The zero-order valence-corrected chi connectivity index (χ0v) is 27.3. The molecule has 0 aliphatic heterocycles. The highest BCUT2D eigenvalue weighted by Crippen LogP contribution is 2.37. The van der Waals surface area contributed by atoms with Crippen molar-refractivity contribution in [3.8, 4) is 11.1 Å². The van der Waals surface area contributed by atoms with E-state index < -0.39 is 30.9 Å². The first kappa shape index (κ1) is 38.6. The van der Waals surface area contributed by atoms with Crippen molar-refractivity contribution in [2.45, 2.75) is 19.8 Å². The van der Waals surface area contributed by atoms with E-state index in [-0.39, 0.29) is 7.43 Å². The molecule has 0 amide bonds. The van der Waals surface area contributed by atoms with Crippen LogP contribution < -0.4 is 5.46 Å². The van der Waals surface area contributed by atoms with Gasteiger partial charge in [0.05, 0.1) is 10.0 Å². The van der Waals surface area contributed by atoms with Crippen molar-refractivity contribution in [1.82, 2.24) is 9.97 Å². The van der Waals surface area contributed by atoms with Gasteiger partial charge in [0, 0.05) is 41.9 Å². The molecule has 2 aromatic heterocycles. The summed E-state index contributed by atoms with van der Waals surface area (Å²) in [5.74, 6) is 0. The molecule has 2 heterocycles. The molecular formula is C31H22BBrCl4F6N2O2. The molecule has 0 unspecified atom stereocenters. The first-order chi connectivity index (χ1) is 21.4. The van der Waals surface area contributed by atoms with Crippen LogP contribution in [0.5, 0.6) is 0 Å². The molecular weight excluding hydrogens is 779 g/mol. The lowest BCUT2D eigenvalue weighted by atomic mass is 9.81. The smallest absolute Gasteiger partial charge is 0.423 e. The molecule has 0 radical (unpaired) electrons. The topological polar surface area (TPSA) is 72.0 Å². The Hall–Kier alpha value is -2.84. The molecule has 47 heavy (non-hydrogen) atoms. The van der Waals surface area contributed by atoms with Crippen molar-refractivity contribution in [2.75, 3.05) is 0 Å². The van der Waals surface area contributed by atoms with Crippen molar-refractivity contribution < 1.29 is 36.4 Å². The summed E-state index contributed by atoms with van der Waals surface area (Å²) in [5, 5.41) is 20.0. The number of alkyl halides is 6. The summed E-state index contributed by atoms with van der Waals surface area (Å²) in [6.07, 6.45) is -8.78. The van der Waals surface area contributed by atoms with E-state index in [9.17, 15) is 26.3 Å². The Morgan fingerprint density at radius 2 is 1.11 bits per heavy atom. The number of H-pyrrole nitrogens is 2. The monoisotopic (exact) mass is 798 g/mol. The third kappa shape index (κ3) is 10.1. The summed E-state index contributed by atoms with van der Waals surface area (Å²) in [5.41, 5.74) is 0.952. The molecule has 0 bridgehead atoms. The van der Waals surface area contributed by atoms with Gasteiger partial charge >= 0.3 is 19.5 Å². The van der Waals surface area contributed by atoms with Gasteiger partial charge in [0.25, 0.3) is 0 Å². The van der Waals surface area contributed by atoms with Gasteiger partial charge in [-0.25, -0.2) is 0 Å². The van der Waals surface area contributed by atoms with Crippen molar-refractivity contribution in [1.29, 1.82) is 0 Å². The number of hydrogen-bond acceptors (Lipinski definition) is 2. The minimum Gasteiger partial charge on any atom is -0.423 e. The molecule has 0 aliphatic carbocycles. The van der Waals surface area contributed by atoms with Gasteiger partial charge in [0.15, 0.2) is 0 Å². The fourth-order valence-corrected chi connectivity index (χ4v) is 5.32. The average molecular weight is 801 g/mol. The predicted octanol–water partition coefficient (Wildman–Crippen LogP) is 11.4. The van der Waals surface area contributed by atoms with Crippen LogP contribution in [0.3, 0.4) is 0 Å². The molecule has 0 atom stereocenters. The molecule has 6 aromatic rings. The second-order valence-corrected chi connectivity index (χ2v) is 12.1. The van der Waals surface area contributed by atoms with Gasteiger partial charge in [-0.15, -0.1) is 0 Å². The maximum Gasteiger partial charge on any atom is 0.488 e. The second kappa shape index (κ2) is 15.6. The quantitative estimate of drug-likeness (QED) is 0.104. The summed E-state index contributed by atoms with van der Waals surface area (Å²) < 4.78 is 75.8. The fourth-order valence-electron chi connectivity index (χ4n) is 4.13. The number of aromatic nitrogens is 2. The number of rotatable bonds is 2. The number of halogens is 11. The zero-order valence-electron chi connectivity index (χ0n) is 22.7. The van der Waals surface area contributed by atoms with E-state index in [1.54, 1.807) is 54.6 Å². The van der Waals surface area contributed by atoms with Gasteiger partial charge in [-0.3, -0.25) is 0 Å². The molecule has 0 aliphatic rings. The van der Waals surface area contributed by atoms with Gasteiger partial charge in [-0.05, 0) is 87.6 Å². The third-order valence-corrected chi connectivity index (χ3v) is 8.24. The second-order valence-electron chi connectivity index (χ2n) is 9.57. The predicted molar refractivity (Wildman–Crippen MR) is 183 cm³/mol. The van der Waals surface area contributed by atoms with E-state index in [4.69, 9.17) is 56.5 Å². The van der Waals surface area contributed by atoms with Crippen LogP contribution in [-0.4, -0.2) is 27.1 Å². The van der Waals surface area contributed by atoms with Crippen LogP contribution >= 0.6 is 62.3 Å². The fraction of sp³-hybridized carbons (Fsp3) is 0.0968. The Bertz CT molecular complexity index is 1960. The molecule has 0 saturated carbocycles. The Labute approximate surface area is 293 Å². The molecule has 0 spiro atoms. The van der Waals surface area contributed by atoms with Crippen LogP contribution in [0.1, 0.15) is 18.8 Å². The molecule has 0 saturated heterocycles. The number of hydrogen-bond donors (Lipinski definition) is 4. The van der Waals surface area contributed by atoms with Gasteiger partial charge < -0.3 is 20.0 Å². The molecule has 4 N–H and O–H groups in total. The normalized spacial score (nSPS) is 11.3. The zero-order chi connectivity index (χ0) is 34.0. The summed E-state index contributed by atoms with van der Waals surface area (Å²) in [7, 11) is -1.43. The van der Waals surface area contributed by atoms with E-state index >= 15 is 0 Å². The van der Waals surface area contributed by atoms with E-state index in [0.29, 0.717) is 57.4 Å². The largest absolute Gasteiger partial charge is 0.488 e. The van der Waals surface area contributed by atoms with Gasteiger partial charge in [-0.1, -0.05) is 78.1 Å². The Morgan fingerprint density at radius 3 is 1.57 bits per heavy atom. The molecule has 0 fully saturated rings. The minimum atomic E-state index is -4.41. The third-order valence-electron chi connectivity index (χ3n) is 6.26. The lowest BCUT2D eigenvalue weighted by Gasteiger charge is -2.05. The van der Waals surface area contributed by atoms with Crippen LogP contribution in [-0.2, 0) is 12.4 Å². The number of aromatic amines is 2. The summed E-state index contributed by atoms with van der Waals surface area (Å²) in [4.78, 5) is 4.60. The highest BCUT2D eigenvalue weighted by Gasteiger charge is 2.33. The van der Waals surface area contributed by atoms with E-state index in [1.165, 1.54) is 18.2 Å². The van der Waals surface area contributed by atoms with Crippen LogP contribution in [0.4, 0.5) is 26.3 Å². The van der Waals surface area contributed by atoms with Gasteiger partial charge in [0.2, 0.25) is 0 Å². The Morgan fingerprint density at radius 1 is 0.617 bits per heavy atom. The Balaban J connectivity index is 0.000000203.